The van der Waals surface area contributed by atoms with E-state index in [-0.39, 0.29) is 6.42 Å². The number of hydrogen-bond donors (Lipinski definition) is 1. The number of rotatable bonds is 5. The molecule has 0 atom stereocenters. The fraction of sp³-hybridized carbons (Fsp3) is 0.167. The molecule has 0 aliphatic carbocycles. The van der Waals surface area contributed by atoms with Crippen molar-refractivity contribution < 1.29 is 14.6 Å². The van der Waals surface area contributed by atoms with Gasteiger partial charge in [0.1, 0.15) is 5.75 Å². The smallest absolute Gasteiger partial charge is 0.307 e. The third kappa shape index (κ3) is 3.59. The Morgan fingerprint density at radius 2 is 2.04 bits per heavy atom. The van der Waals surface area contributed by atoms with E-state index in [0.29, 0.717) is 15.8 Å². The first-order valence-electron chi connectivity index (χ1n) is 7.44. The van der Waals surface area contributed by atoms with Gasteiger partial charge in [-0.25, -0.2) is 0 Å². The molecule has 25 heavy (non-hydrogen) atoms. The number of fused-ring (bicyclic) bond motifs is 1. The van der Waals surface area contributed by atoms with Crippen LogP contribution in [0.2, 0.25) is 10.0 Å². The van der Waals surface area contributed by atoms with Crippen molar-refractivity contribution in [2.45, 2.75) is 18.2 Å². The second kappa shape index (κ2) is 7.20. The monoisotopic (exact) mass is 395 g/mol. The van der Waals surface area contributed by atoms with Crippen molar-refractivity contribution in [2.75, 3.05) is 7.11 Å². The molecule has 1 aromatic heterocycles. The molecule has 4 nitrogen and oxygen atoms in total. The lowest BCUT2D eigenvalue weighted by Crippen LogP contribution is -2.01. The number of carboxylic acids is 1. The largest absolute Gasteiger partial charge is 0.495 e. The first kappa shape index (κ1) is 18.0. The van der Waals surface area contributed by atoms with E-state index in [4.69, 9.17) is 27.9 Å². The van der Waals surface area contributed by atoms with Crippen LogP contribution in [0.1, 0.15) is 11.3 Å². The molecule has 0 saturated carbocycles. The highest BCUT2D eigenvalue weighted by atomic mass is 35.5. The molecule has 3 rings (SSSR count). The summed E-state index contributed by atoms with van der Waals surface area (Å²) in [5, 5.41) is 11.2. The number of aromatic nitrogens is 1. The molecule has 0 unspecified atom stereocenters. The number of hydrogen-bond acceptors (Lipinski definition) is 3. The lowest BCUT2D eigenvalue weighted by Gasteiger charge is -2.09. The summed E-state index contributed by atoms with van der Waals surface area (Å²) in [6.45, 7) is 1.90. The molecule has 7 heteroatoms. The molecule has 130 valence electrons. The lowest BCUT2D eigenvalue weighted by atomic mass is 10.1. The van der Waals surface area contributed by atoms with Crippen LogP contribution >= 0.6 is 35.1 Å². The van der Waals surface area contributed by atoms with Crippen LogP contribution in [0.5, 0.6) is 5.75 Å². The van der Waals surface area contributed by atoms with Crippen LogP contribution in [0, 0.1) is 6.92 Å². The van der Waals surface area contributed by atoms with Crippen molar-refractivity contribution in [3.63, 3.8) is 0 Å². The van der Waals surface area contributed by atoms with E-state index in [1.807, 2.05) is 35.2 Å². The summed E-state index contributed by atoms with van der Waals surface area (Å²) < 4.78 is 7.26. The Kier molecular flexibility index (Phi) is 5.18. The van der Waals surface area contributed by atoms with Gasteiger partial charge in [0.25, 0.3) is 0 Å². The van der Waals surface area contributed by atoms with Gasteiger partial charge in [0, 0.05) is 21.0 Å². The number of carbonyl (C=O) groups is 1. The number of methoxy groups -OCH3 is 1. The van der Waals surface area contributed by atoms with Gasteiger partial charge < -0.3 is 9.84 Å². The lowest BCUT2D eigenvalue weighted by molar-refractivity contribution is -0.136. The summed E-state index contributed by atoms with van der Waals surface area (Å²) in [4.78, 5) is 12.3. The second-order valence-electron chi connectivity index (χ2n) is 5.48. The minimum Gasteiger partial charge on any atom is -0.495 e. The zero-order valence-corrected chi connectivity index (χ0v) is 15.9. The van der Waals surface area contributed by atoms with Crippen molar-refractivity contribution in [1.82, 2.24) is 3.97 Å². The first-order valence-corrected chi connectivity index (χ1v) is 8.96. The minimum absolute atomic E-state index is 0.0732. The third-order valence-electron chi connectivity index (χ3n) is 3.88. The molecule has 2 aromatic carbocycles. The van der Waals surface area contributed by atoms with Crippen LogP contribution in [0.4, 0.5) is 0 Å². The van der Waals surface area contributed by atoms with E-state index in [9.17, 15) is 9.90 Å². The highest BCUT2D eigenvalue weighted by molar-refractivity contribution is 7.98. The molecular formula is C18H15Cl2NO3S. The summed E-state index contributed by atoms with van der Waals surface area (Å²) in [6.07, 6.45) is -0.0732. The Bertz CT molecular complexity index is 969. The second-order valence-corrected chi connectivity index (χ2v) is 7.34. The van der Waals surface area contributed by atoms with Crippen LogP contribution in [-0.2, 0) is 11.2 Å². The van der Waals surface area contributed by atoms with E-state index in [1.165, 1.54) is 19.1 Å². The summed E-state index contributed by atoms with van der Waals surface area (Å²) in [5.41, 5.74) is 2.43. The highest BCUT2D eigenvalue weighted by Gasteiger charge is 2.19. The Morgan fingerprint density at radius 1 is 1.28 bits per heavy atom. The number of aliphatic carboxylic acids is 1. The average molecular weight is 396 g/mol. The van der Waals surface area contributed by atoms with Gasteiger partial charge in [-0.1, -0.05) is 29.3 Å². The Hall–Kier alpha value is -1.82. The number of carboxylic acid groups (broad SMARTS) is 1. The molecule has 1 N–H and O–H groups in total. The predicted octanol–water partition coefficient (Wildman–Crippen LogP) is 5.45. The van der Waals surface area contributed by atoms with Gasteiger partial charge in [0.2, 0.25) is 0 Å². The van der Waals surface area contributed by atoms with E-state index >= 15 is 0 Å². The predicted molar refractivity (Wildman–Crippen MR) is 102 cm³/mol. The van der Waals surface area contributed by atoms with Crippen LogP contribution in [0.25, 0.3) is 10.9 Å². The third-order valence-corrected chi connectivity index (χ3v) is 5.52. The van der Waals surface area contributed by atoms with Gasteiger partial charge in [0.05, 0.1) is 24.1 Å². The molecule has 0 radical (unpaired) electrons. The normalized spacial score (nSPS) is 11.0. The Morgan fingerprint density at radius 3 is 2.68 bits per heavy atom. The van der Waals surface area contributed by atoms with E-state index < -0.39 is 5.97 Å². The highest BCUT2D eigenvalue weighted by Crippen LogP contribution is 2.38. The number of benzene rings is 2. The minimum atomic E-state index is -0.885. The molecule has 0 amide bonds. The van der Waals surface area contributed by atoms with Gasteiger partial charge >= 0.3 is 5.97 Å². The standard InChI is InChI=1S/C18H15Cl2NO3S/c1-10-13(8-18(22)23)14-7-17(24-2)15(20)9-16(14)21(10)25-12-5-3-4-11(19)6-12/h3-7,9H,8H2,1-2H3,(H,22,23). The number of ether oxygens (including phenoxy) is 1. The molecular weight excluding hydrogens is 381 g/mol. The molecule has 3 aromatic rings. The van der Waals surface area contributed by atoms with E-state index in [1.54, 1.807) is 12.1 Å². The van der Waals surface area contributed by atoms with E-state index in [2.05, 4.69) is 0 Å². The Balaban J connectivity index is 2.21. The summed E-state index contributed by atoms with van der Waals surface area (Å²) in [5.74, 6) is -0.366. The zero-order valence-electron chi connectivity index (χ0n) is 13.5. The maximum atomic E-state index is 11.3. The van der Waals surface area contributed by atoms with Crippen LogP contribution < -0.4 is 4.74 Å². The van der Waals surface area contributed by atoms with Gasteiger partial charge in [-0.2, -0.15) is 0 Å². The van der Waals surface area contributed by atoms with Crippen molar-refractivity contribution in [3.8, 4) is 5.75 Å². The van der Waals surface area contributed by atoms with Crippen LogP contribution in [0.3, 0.4) is 0 Å². The Labute approximate surface area is 159 Å². The van der Waals surface area contributed by atoms with Crippen LogP contribution in [0.15, 0.2) is 41.3 Å². The molecule has 0 aliphatic rings. The maximum Gasteiger partial charge on any atom is 0.307 e. The van der Waals surface area contributed by atoms with Gasteiger partial charge in [-0.05, 0) is 54.8 Å². The van der Waals surface area contributed by atoms with Crippen molar-refractivity contribution >= 4 is 52.0 Å². The number of halogens is 2. The quantitative estimate of drug-likeness (QED) is 0.623. The summed E-state index contributed by atoms with van der Waals surface area (Å²) in [7, 11) is 1.54. The average Bonchev–Trinajstić information content (AvgIpc) is 2.79. The van der Waals surface area contributed by atoms with Gasteiger partial charge in [-0.3, -0.25) is 8.77 Å². The molecule has 0 fully saturated rings. The van der Waals surface area contributed by atoms with Crippen molar-refractivity contribution in [3.05, 3.63) is 57.7 Å². The maximum absolute atomic E-state index is 11.3. The van der Waals surface area contributed by atoms with Gasteiger partial charge in [-0.15, -0.1) is 0 Å². The topological polar surface area (TPSA) is 51.5 Å². The fourth-order valence-corrected chi connectivity index (χ4v) is 4.24. The van der Waals surface area contributed by atoms with Gasteiger partial charge in [0.15, 0.2) is 0 Å². The zero-order chi connectivity index (χ0) is 18.1. The molecule has 0 saturated heterocycles. The SMILES string of the molecule is COc1cc2c(CC(=O)O)c(C)n(Sc3cccc(Cl)c3)c2cc1Cl. The van der Waals surface area contributed by atoms with Crippen molar-refractivity contribution in [1.29, 1.82) is 0 Å². The van der Waals surface area contributed by atoms with Crippen LogP contribution in [-0.4, -0.2) is 22.2 Å². The first-order chi connectivity index (χ1) is 11.9. The van der Waals surface area contributed by atoms with Crippen molar-refractivity contribution in [2.24, 2.45) is 0 Å². The fourth-order valence-electron chi connectivity index (χ4n) is 2.73. The number of nitrogens with zero attached hydrogens (tertiary/aromatic N) is 1. The summed E-state index contributed by atoms with van der Waals surface area (Å²) in [6, 6.07) is 11.1. The molecule has 0 bridgehead atoms. The van der Waals surface area contributed by atoms with E-state index in [0.717, 1.165) is 27.1 Å². The molecule has 0 aliphatic heterocycles. The summed E-state index contributed by atoms with van der Waals surface area (Å²) >= 11 is 13.8. The molecule has 1 heterocycles. The molecule has 0 spiro atoms.